The molecule has 0 aliphatic rings. The number of aromatic nitrogens is 4. The number of ether oxygens (including phenoxy) is 1. The molecule has 0 atom stereocenters. The third-order valence-corrected chi connectivity index (χ3v) is 3.43. The minimum absolute atomic E-state index is 0.00424. The van der Waals surface area contributed by atoms with Crippen LogP contribution in [0.5, 0.6) is 0 Å². The molecule has 2 rings (SSSR count). The van der Waals surface area contributed by atoms with E-state index < -0.39 is 29.1 Å². The molecule has 0 aliphatic heterocycles. The summed E-state index contributed by atoms with van der Waals surface area (Å²) in [6.45, 7) is 10.2. The number of hydrogen-bond acceptors (Lipinski definition) is 4. The molecule has 10 heteroatoms. The van der Waals surface area contributed by atoms with Gasteiger partial charge in [-0.05, 0) is 47.6 Å². The highest BCUT2D eigenvalue weighted by molar-refractivity contribution is 5.68. The van der Waals surface area contributed by atoms with Crippen molar-refractivity contribution in [2.45, 2.75) is 65.4 Å². The minimum atomic E-state index is -4.59. The Morgan fingerprint density at radius 1 is 1.26 bits per heavy atom. The van der Waals surface area contributed by atoms with Gasteiger partial charge >= 0.3 is 12.3 Å². The third kappa shape index (κ3) is 5.73. The number of halogens is 3. The zero-order valence-corrected chi connectivity index (χ0v) is 16.2. The van der Waals surface area contributed by atoms with Gasteiger partial charge in [-0.25, -0.2) is 9.78 Å². The van der Waals surface area contributed by atoms with E-state index >= 15 is 0 Å². The van der Waals surface area contributed by atoms with Crippen molar-refractivity contribution in [3.8, 4) is 11.4 Å². The fourth-order valence-electron chi connectivity index (χ4n) is 2.44. The van der Waals surface area contributed by atoms with Gasteiger partial charge in [0.1, 0.15) is 11.4 Å². The van der Waals surface area contributed by atoms with Gasteiger partial charge < -0.3 is 15.0 Å². The van der Waals surface area contributed by atoms with E-state index in [1.807, 2.05) is 0 Å². The fraction of sp³-hybridized carbons (Fsp3) is 0.588. The van der Waals surface area contributed by atoms with E-state index in [1.54, 1.807) is 41.5 Å². The van der Waals surface area contributed by atoms with Crippen LogP contribution >= 0.6 is 0 Å². The molecular weight excluding hydrogens is 363 g/mol. The molecule has 0 saturated carbocycles. The molecule has 0 spiro atoms. The first-order chi connectivity index (χ1) is 12.2. The summed E-state index contributed by atoms with van der Waals surface area (Å²) >= 11 is 0. The van der Waals surface area contributed by atoms with Gasteiger partial charge in [0.05, 0.1) is 29.7 Å². The van der Waals surface area contributed by atoms with Crippen molar-refractivity contribution < 1.29 is 22.7 Å². The number of imidazole rings is 1. The summed E-state index contributed by atoms with van der Waals surface area (Å²) in [5, 5.41) is 6.35. The van der Waals surface area contributed by atoms with Crippen LogP contribution in [0, 0.1) is 6.92 Å². The number of carbonyl (C=O) groups is 1. The Morgan fingerprint density at radius 2 is 1.89 bits per heavy atom. The van der Waals surface area contributed by atoms with E-state index in [2.05, 4.69) is 20.4 Å². The molecule has 0 saturated heterocycles. The number of rotatable bonds is 4. The topological polar surface area (TPSA) is 84.8 Å². The zero-order valence-electron chi connectivity index (χ0n) is 16.2. The highest BCUT2D eigenvalue weighted by Crippen LogP contribution is 2.32. The molecule has 2 aromatic heterocycles. The summed E-state index contributed by atoms with van der Waals surface area (Å²) in [5.74, 6) is 0.567. The summed E-state index contributed by atoms with van der Waals surface area (Å²) in [6, 6.07) is 0.955. The molecule has 0 radical (unpaired) electrons. The Morgan fingerprint density at radius 3 is 2.37 bits per heavy atom. The maximum Gasteiger partial charge on any atom is 0.435 e. The Labute approximate surface area is 155 Å². The second kappa shape index (κ2) is 6.90. The van der Waals surface area contributed by atoms with E-state index in [4.69, 9.17) is 4.74 Å². The van der Waals surface area contributed by atoms with E-state index in [-0.39, 0.29) is 12.2 Å². The van der Waals surface area contributed by atoms with Gasteiger partial charge in [-0.3, -0.25) is 4.68 Å². The van der Waals surface area contributed by atoms with E-state index in [0.29, 0.717) is 11.5 Å². The number of nitrogens with one attached hydrogen (secondary N) is 2. The van der Waals surface area contributed by atoms with E-state index in [0.717, 1.165) is 6.07 Å². The second-order valence-corrected chi connectivity index (χ2v) is 7.96. The molecule has 0 aliphatic carbocycles. The number of hydrogen-bond donors (Lipinski definition) is 2. The molecule has 0 unspecified atom stereocenters. The van der Waals surface area contributed by atoms with Crippen LogP contribution < -0.4 is 5.32 Å². The highest BCUT2D eigenvalue weighted by atomic mass is 19.4. The average molecular weight is 387 g/mol. The first-order valence-electron chi connectivity index (χ1n) is 8.34. The number of aromatic amines is 1. The predicted molar refractivity (Wildman–Crippen MR) is 93.0 cm³/mol. The number of alkyl carbamates (subject to hydrolysis) is 1. The first-order valence-corrected chi connectivity index (χ1v) is 8.34. The van der Waals surface area contributed by atoms with Crippen molar-refractivity contribution >= 4 is 6.09 Å². The number of carbonyl (C=O) groups excluding carboxylic acids is 1. The molecule has 2 N–H and O–H groups in total. The van der Waals surface area contributed by atoms with Gasteiger partial charge in [-0.2, -0.15) is 18.3 Å². The lowest BCUT2D eigenvalue weighted by Gasteiger charge is -2.29. The van der Waals surface area contributed by atoms with Crippen LogP contribution in [-0.2, 0) is 17.5 Å². The largest absolute Gasteiger partial charge is 0.444 e. The molecule has 150 valence electrons. The number of aryl methyl sites for hydroxylation is 1. The van der Waals surface area contributed by atoms with Crippen molar-refractivity contribution in [2.75, 3.05) is 0 Å². The van der Waals surface area contributed by atoms with Gasteiger partial charge in [0.2, 0.25) is 0 Å². The molecule has 27 heavy (non-hydrogen) atoms. The summed E-state index contributed by atoms with van der Waals surface area (Å²) in [4.78, 5) is 19.0. The quantitative estimate of drug-likeness (QED) is 0.833. The van der Waals surface area contributed by atoms with Crippen LogP contribution in [0.3, 0.4) is 0 Å². The SMILES string of the molecule is Cc1ncc(-c2cc(C(F)(F)F)nn2CC(C)(C)NC(=O)OC(C)(C)C)[nH]1. The highest BCUT2D eigenvalue weighted by Gasteiger charge is 2.36. The Hall–Kier alpha value is -2.52. The minimum Gasteiger partial charge on any atom is -0.444 e. The Balaban J connectivity index is 2.31. The van der Waals surface area contributed by atoms with Gasteiger partial charge in [0.25, 0.3) is 0 Å². The summed E-state index contributed by atoms with van der Waals surface area (Å²) in [6.07, 6.45) is -3.80. The Kier molecular flexibility index (Phi) is 5.31. The van der Waals surface area contributed by atoms with E-state index in [1.165, 1.54) is 10.9 Å². The maximum atomic E-state index is 13.1. The van der Waals surface area contributed by atoms with Crippen molar-refractivity contribution in [3.63, 3.8) is 0 Å². The number of nitrogens with zero attached hydrogens (tertiary/aromatic N) is 3. The smallest absolute Gasteiger partial charge is 0.435 e. The van der Waals surface area contributed by atoms with Crippen LogP contribution in [0.2, 0.25) is 0 Å². The zero-order chi connectivity index (χ0) is 20.6. The number of alkyl halides is 3. The lowest BCUT2D eigenvalue weighted by molar-refractivity contribution is -0.141. The standard InChI is InChI=1S/C17H24F3N5O2/c1-10-21-8-11(22-10)12-7-13(17(18,19)20)24-25(12)9-16(5,6)23-14(26)27-15(2,3)4/h7-8H,9H2,1-6H3,(H,21,22)(H,23,26). The average Bonchev–Trinajstić information content (AvgIpc) is 3.00. The summed E-state index contributed by atoms with van der Waals surface area (Å²) in [7, 11) is 0. The lowest BCUT2D eigenvalue weighted by Crippen LogP contribution is -2.48. The van der Waals surface area contributed by atoms with Crippen LogP contribution in [0.25, 0.3) is 11.4 Å². The van der Waals surface area contributed by atoms with Gasteiger partial charge in [-0.15, -0.1) is 0 Å². The molecule has 2 aromatic rings. The van der Waals surface area contributed by atoms with Crippen LogP contribution in [0.1, 0.15) is 46.1 Å². The van der Waals surface area contributed by atoms with Crippen LogP contribution in [-0.4, -0.2) is 37.0 Å². The summed E-state index contributed by atoms with van der Waals surface area (Å²) in [5.41, 5.74) is -1.99. The van der Waals surface area contributed by atoms with Crippen molar-refractivity contribution in [1.82, 2.24) is 25.1 Å². The summed E-state index contributed by atoms with van der Waals surface area (Å²) < 4.78 is 45.8. The monoisotopic (exact) mass is 387 g/mol. The molecule has 2 heterocycles. The number of H-pyrrole nitrogens is 1. The van der Waals surface area contributed by atoms with Crippen LogP contribution in [0.4, 0.5) is 18.0 Å². The fourth-order valence-corrected chi connectivity index (χ4v) is 2.44. The molecule has 1 amide bonds. The third-order valence-electron chi connectivity index (χ3n) is 3.43. The van der Waals surface area contributed by atoms with Gasteiger partial charge in [0, 0.05) is 0 Å². The molecule has 0 fully saturated rings. The van der Waals surface area contributed by atoms with Crippen LogP contribution in [0.15, 0.2) is 12.3 Å². The second-order valence-electron chi connectivity index (χ2n) is 7.96. The number of amides is 1. The van der Waals surface area contributed by atoms with Crippen molar-refractivity contribution in [1.29, 1.82) is 0 Å². The van der Waals surface area contributed by atoms with Gasteiger partial charge in [-0.1, -0.05) is 0 Å². The van der Waals surface area contributed by atoms with Gasteiger partial charge in [0.15, 0.2) is 5.69 Å². The van der Waals surface area contributed by atoms with E-state index in [9.17, 15) is 18.0 Å². The Bertz CT molecular complexity index is 815. The van der Waals surface area contributed by atoms with Crippen molar-refractivity contribution in [2.24, 2.45) is 0 Å². The predicted octanol–water partition coefficient (Wildman–Crippen LogP) is 3.90. The molecule has 0 aromatic carbocycles. The lowest BCUT2D eigenvalue weighted by atomic mass is 10.1. The molecule has 7 nitrogen and oxygen atoms in total. The first kappa shape index (κ1) is 20.8. The molecule has 0 bridgehead atoms. The van der Waals surface area contributed by atoms with Crippen molar-refractivity contribution in [3.05, 3.63) is 23.8 Å². The molecular formula is C17H24F3N5O2. The normalized spacial score (nSPS) is 12.9. The maximum absolute atomic E-state index is 13.1.